The molecule has 1 unspecified atom stereocenters. The molecule has 0 N–H and O–H groups in total. The molecule has 1 aliphatic rings. The standard InChI is InChI=1S/C9H13BF6N.K/c1-7(10(14,15)16)5-17-4-2-3-8(6-17)9(11,12)13;/h8H,1-6H2;/q-1;+1. The molecule has 0 saturated carbocycles. The third-order valence-corrected chi connectivity index (χ3v) is 2.86. The number of piperidine rings is 1. The van der Waals surface area contributed by atoms with Gasteiger partial charge in [-0.3, -0.25) is 0 Å². The fraction of sp³-hybridized carbons (Fsp3) is 0.778. The number of likely N-dealkylation sites (tertiary alicyclic amines) is 1. The van der Waals surface area contributed by atoms with Gasteiger partial charge in [0.15, 0.2) is 0 Å². The maximum Gasteiger partial charge on any atom is 1.00 e. The summed E-state index contributed by atoms with van der Waals surface area (Å²) in [4.78, 5) is 1.18. The zero-order valence-corrected chi connectivity index (χ0v) is 13.2. The average Bonchev–Trinajstić information content (AvgIpc) is 2.15. The van der Waals surface area contributed by atoms with Crippen LogP contribution in [0.15, 0.2) is 12.1 Å². The molecule has 100 valence electrons. The van der Waals surface area contributed by atoms with Gasteiger partial charge >= 0.3 is 64.5 Å². The van der Waals surface area contributed by atoms with Crippen molar-refractivity contribution in [2.24, 2.45) is 5.92 Å². The summed E-state index contributed by atoms with van der Waals surface area (Å²) < 4.78 is 74.0. The Morgan fingerprint density at radius 2 is 1.83 bits per heavy atom. The van der Waals surface area contributed by atoms with E-state index in [2.05, 4.69) is 6.58 Å². The van der Waals surface area contributed by atoms with Crippen molar-refractivity contribution in [3.05, 3.63) is 12.1 Å². The molecule has 0 aromatic carbocycles. The molecule has 1 nitrogen and oxygen atoms in total. The second kappa shape index (κ2) is 7.12. The van der Waals surface area contributed by atoms with E-state index in [4.69, 9.17) is 0 Å². The van der Waals surface area contributed by atoms with Gasteiger partial charge in [-0.05, 0) is 25.9 Å². The first-order chi connectivity index (χ1) is 7.60. The molecule has 0 aromatic heterocycles. The van der Waals surface area contributed by atoms with Crippen LogP contribution < -0.4 is 51.4 Å². The molecule has 1 fully saturated rings. The number of hydrogen-bond acceptors (Lipinski definition) is 1. The van der Waals surface area contributed by atoms with Crippen LogP contribution in [0.5, 0.6) is 0 Å². The van der Waals surface area contributed by atoms with Gasteiger partial charge in [-0.25, -0.2) is 0 Å². The Balaban J connectivity index is 0.00000289. The van der Waals surface area contributed by atoms with Crippen LogP contribution >= 0.6 is 0 Å². The van der Waals surface area contributed by atoms with Crippen LogP contribution in [0.4, 0.5) is 26.1 Å². The van der Waals surface area contributed by atoms with Crippen molar-refractivity contribution in [3.63, 3.8) is 0 Å². The van der Waals surface area contributed by atoms with Crippen LogP contribution in [0.25, 0.3) is 0 Å². The normalized spacial score (nSPS) is 22.4. The molecule has 0 bridgehead atoms. The molecule has 1 rings (SSSR count). The topological polar surface area (TPSA) is 3.24 Å². The van der Waals surface area contributed by atoms with Crippen molar-refractivity contribution in [2.45, 2.75) is 19.0 Å². The van der Waals surface area contributed by atoms with E-state index in [0.29, 0.717) is 0 Å². The van der Waals surface area contributed by atoms with E-state index in [1.54, 1.807) is 0 Å². The van der Waals surface area contributed by atoms with Crippen molar-refractivity contribution in [2.75, 3.05) is 19.6 Å². The number of nitrogens with zero attached hydrogens (tertiary/aromatic N) is 1. The molecule has 1 aliphatic heterocycles. The van der Waals surface area contributed by atoms with Crippen LogP contribution in [-0.4, -0.2) is 37.7 Å². The van der Waals surface area contributed by atoms with Crippen molar-refractivity contribution >= 4 is 6.98 Å². The molecular weight excluding hydrogens is 286 g/mol. The number of halogens is 6. The predicted molar refractivity (Wildman–Crippen MR) is 53.4 cm³/mol. The second-order valence-electron chi connectivity index (χ2n) is 4.35. The van der Waals surface area contributed by atoms with E-state index >= 15 is 0 Å². The van der Waals surface area contributed by atoms with Crippen LogP contribution in [0, 0.1) is 5.92 Å². The van der Waals surface area contributed by atoms with Crippen LogP contribution in [0.3, 0.4) is 0 Å². The van der Waals surface area contributed by atoms with Crippen LogP contribution in [-0.2, 0) is 0 Å². The van der Waals surface area contributed by atoms with Gasteiger partial charge in [0, 0.05) is 6.54 Å². The molecule has 0 aliphatic carbocycles. The van der Waals surface area contributed by atoms with E-state index in [-0.39, 0.29) is 77.3 Å². The van der Waals surface area contributed by atoms with Gasteiger partial charge in [-0.15, -0.1) is 12.1 Å². The van der Waals surface area contributed by atoms with E-state index < -0.39 is 31.1 Å². The summed E-state index contributed by atoms with van der Waals surface area (Å²) in [7, 11) is 0. The first-order valence-electron chi connectivity index (χ1n) is 5.27. The van der Waals surface area contributed by atoms with Gasteiger partial charge in [0.2, 0.25) is 0 Å². The monoisotopic (exact) mass is 299 g/mol. The second-order valence-corrected chi connectivity index (χ2v) is 4.35. The smallest absolute Gasteiger partial charge is 0.445 e. The minimum absolute atomic E-state index is 0. The molecule has 0 aromatic rings. The van der Waals surface area contributed by atoms with Crippen molar-refractivity contribution in [3.8, 4) is 0 Å². The van der Waals surface area contributed by atoms with Crippen LogP contribution in [0.2, 0.25) is 0 Å². The maximum atomic E-state index is 12.4. The summed E-state index contributed by atoms with van der Waals surface area (Å²) in [5.41, 5.74) is -0.937. The van der Waals surface area contributed by atoms with Gasteiger partial charge in [-0.1, -0.05) is 0 Å². The first kappa shape index (κ1) is 19.0. The fourth-order valence-corrected chi connectivity index (χ4v) is 1.86. The van der Waals surface area contributed by atoms with E-state index in [1.807, 2.05) is 0 Å². The zero-order valence-electron chi connectivity index (χ0n) is 10.1. The first-order valence-corrected chi connectivity index (χ1v) is 5.27. The number of alkyl halides is 3. The van der Waals surface area contributed by atoms with Crippen molar-refractivity contribution in [1.82, 2.24) is 4.90 Å². The third-order valence-electron chi connectivity index (χ3n) is 2.86. The molecule has 1 atom stereocenters. The van der Waals surface area contributed by atoms with E-state index in [1.165, 1.54) is 4.90 Å². The molecule has 9 heteroatoms. The van der Waals surface area contributed by atoms with Crippen molar-refractivity contribution in [1.29, 1.82) is 0 Å². The molecule has 1 saturated heterocycles. The summed E-state index contributed by atoms with van der Waals surface area (Å²) in [6.45, 7) is -2.90. The average molecular weight is 299 g/mol. The van der Waals surface area contributed by atoms with Crippen LogP contribution in [0.1, 0.15) is 12.8 Å². The Bertz CT molecular complexity index is 290. The summed E-state index contributed by atoms with van der Waals surface area (Å²) in [5, 5.41) is 0. The third kappa shape index (κ3) is 5.96. The molecule has 18 heavy (non-hydrogen) atoms. The van der Waals surface area contributed by atoms with Gasteiger partial charge in [0.1, 0.15) is 0 Å². The summed E-state index contributed by atoms with van der Waals surface area (Å²) in [5.74, 6) is -1.52. The minimum Gasteiger partial charge on any atom is -0.445 e. The Labute approximate surface area is 144 Å². The van der Waals surface area contributed by atoms with Gasteiger partial charge in [0.25, 0.3) is 0 Å². The zero-order chi connectivity index (χ0) is 13.3. The summed E-state index contributed by atoms with van der Waals surface area (Å²) >= 11 is 0. The molecule has 1 heterocycles. The summed E-state index contributed by atoms with van der Waals surface area (Å²) in [6, 6.07) is 0. The predicted octanol–water partition coefficient (Wildman–Crippen LogP) is 0.207. The molecule has 0 spiro atoms. The Hall–Kier alpha value is 0.981. The molecule has 0 radical (unpaired) electrons. The van der Waals surface area contributed by atoms with Gasteiger partial charge < -0.3 is 17.8 Å². The Morgan fingerprint density at radius 3 is 2.28 bits per heavy atom. The maximum absolute atomic E-state index is 12.4. The largest absolute Gasteiger partial charge is 1.00 e. The quantitative estimate of drug-likeness (QED) is 0.532. The van der Waals surface area contributed by atoms with Crippen molar-refractivity contribution < 1.29 is 77.5 Å². The fourth-order valence-electron chi connectivity index (χ4n) is 1.86. The number of hydrogen-bond donors (Lipinski definition) is 0. The minimum atomic E-state index is -5.16. The Kier molecular flexibility index (Phi) is 7.51. The molecular formula is C9H13BF6KN. The SMILES string of the molecule is C=C(CN1CCCC(C(F)(F)F)C1)[B-](F)(F)F.[K+]. The van der Waals surface area contributed by atoms with E-state index in [9.17, 15) is 26.1 Å². The van der Waals surface area contributed by atoms with E-state index in [0.717, 1.165) is 0 Å². The Morgan fingerprint density at radius 1 is 1.28 bits per heavy atom. The summed E-state index contributed by atoms with van der Waals surface area (Å²) in [6.07, 6.45) is -4.07. The van der Waals surface area contributed by atoms with Gasteiger partial charge in [0.05, 0.1) is 5.92 Å². The number of rotatable bonds is 3. The van der Waals surface area contributed by atoms with Gasteiger partial charge in [-0.2, -0.15) is 13.2 Å². The molecule has 0 amide bonds.